The lowest BCUT2D eigenvalue weighted by Crippen LogP contribution is -2.28. The summed E-state index contributed by atoms with van der Waals surface area (Å²) in [6.07, 6.45) is 4.07. The predicted octanol–water partition coefficient (Wildman–Crippen LogP) is 2.76. The van der Waals surface area contributed by atoms with Crippen LogP contribution in [0.1, 0.15) is 28.6 Å². The van der Waals surface area contributed by atoms with Crippen LogP contribution in [0.2, 0.25) is 0 Å². The van der Waals surface area contributed by atoms with Crippen LogP contribution < -0.4 is 0 Å². The summed E-state index contributed by atoms with van der Waals surface area (Å²) < 4.78 is 5.43. The molecule has 3 aromatic rings. The number of pyridine rings is 1. The van der Waals surface area contributed by atoms with Crippen molar-refractivity contribution >= 4 is 5.91 Å². The van der Waals surface area contributed by atoms with Gasteiger partial charge in [0.15, 0.2) is 0 Å². The first-order chi connectivity index (χ1) is 11.8. The van der Waals surface area contributed by atoms with Crippen molar-refractivity contribution in [2.24, 2.45) is 0 Å². The van der Waals surface area contributed by atoms with Gasteiger partial charge in [-0.25, -0.2) is 0 Å². The first-order valence-corrected chi connectivity index (χ1v) is 7.89. The van der Waals surface area contributed by atoms with E-state index in [9.17, 15) is 4.79 Å². The fourth-order valence-electron chi connectivity index (χ4n) is 2.92. The molecular formula is C18H16N4O2. The van der Waals surface area contributed by atoms with E-state index in [4.69, 9.17) is 4.52 Å². The van der Waals surface area contributed by atoms with E-state index in [1.165, 1.54) is 0 Å². The third kappa shape index (κ3) is 2.78. The lowest BCUT2D eigenvalue weighted by molar-refractivity contribution is 0.0789. The number of hydrogen-bond acceptors (Lipinski definition) is 5. The van der Waals surface area contributed by atoms with Gasteiger partial charge in [0.2, 0.25) is 11.7 Å². The topological polar surface area (TPSA) is 72.1 Å². The molecule has 2 aromatic heterocycles. The summed E-state index contributed by atoms with van der Waals surface area (Å²) in [6, 6.07) is 13.3. The van der Waals surface area contributed by atoms with E-state index in [-0.39, 0.29) is 11.8 Å². The fourth-order valence-corrected chi connectivity index (χ4v) is 2.92. The molecule has 0 saturated carbocycles. The van der Waals surface area contributed by atoms with Gasteiger partial charge in [-0.15, -0.1) is 0 Å². The van der Waals surface area contributed by atoms with Gasteiger partial charge in [-0.3, -0.25) is 9.78 Å². The molecule has 6 nitrogen and oxygen atoms in total. The van der Waals surface area contributed by atoms with Gasteiger partial charge in [-0.1, -0.05) is 35.5 Å². The molecule has 0 aliphatic carbocycles. The molecule has 0 N–H and O–H groups in total. The van der Waals surface area contributed by atoms with Crippen LogP contribution in [0.25, 0.3) is 11.4 Å². The van der Waals surface area contributed by atoms with Crippen LogP contribution in [0, 0.1) is 0 Å². The minimum Gasteiger partial charge on any atom is -0.339 e. The monoisotopic (exact) mass is 320 g/mol. The number of amides is 1. The highest BCUT2D eigenvalue weighted by atomic mass is 16.5. The first-order valence-electron chi connectivity index (χ1n) is 7.89. The zero-order chi connectivity index (χ0) is 16.4. The van der Waals surface area contributed by atoms with Gasteiger partial charge in [0.1, 0.15) is 0 Å². The average Bonchev–Trinajstić information content (AvgIpc) is 3.32. The Hall–Kier alpha value is -3.02. The molecule has 3 heterocycles. The second-order valence-electron chi connectivity index (χ2n) is 5.80. The van der Waals surface area contributed by atoms with Crippen molar-refractivity contribution in [1.82, 2.24) is 20.0 Å². The van der Waals surface area contributed by atoms with Crippen molar-refractivity contribution in [1.29, 1.82) is 0 Å². The smallest absolute Gasteiger partial charge is 0.255 e. The molecule has 1 aliphatic rings. The van der Waals surface area contributed by atoms with E-state index < -0.39 is 0 Å². The number of nitrogens with zero attached hydrogens (tertiary/aromatic N) is 4. The van der Waals surface area contributed by atoms with Crippen molar-refractivity contribution in [3.8, 4) is 11.4 Å². The molecule has 120 valence electrons. The molecule has 1 saturated heterocycles. The Balaban J connectivity index is 1.48. The van der Waals surface area contributed by atoms with E-state index in [0.717, 1.165) is 12.0 Å². The van der Waals surface area contributed by atoms with Crippen LogP contribution in [-0.2, 0) is 0 Å². The Morgan fingerprint density at radius 3 is 2.83 bits per heavy atom. The zero-order valence-corrected chi connectivity index (χ0v) is 13.0. The van der Waals surface area contributed by atoms with Crippen molar-refractivity contribution in [3.63, 3.8) is 0 Å². The summed E-state index contributed by atoms with van der Waals surface area (Å²) in [7, 11) is 0. The summed E-state index contributed by atoms with van der Waals surface area (Å²) in [5.41, 5.74) is 1.53. The molecule has 24 heavy (non-hydrogen) atoms. The fraction of sp³-hybridized carbons (Fsp3) is 0.222. The van der Waals surface area contributed by atoms with E-state index in [1.807, 2.05) is 35.2 Å². The van der Waals surface area contributed by atoms with Crippen LogP contribution in [0.4, 0.5) is 0 Å². The van der Waals surface area contributed by atoms with Gasteiger partial charge in [0.25, 0.3) is 5.91 Å². The van der Waals surface area contributed by atoms with E-state index in [0.29, 0.717) is 30.4 Å². The molecule has 1 atom stereocenters. The highest BCUT2D eigenvalue weighted by Gasteiger charge is 2.31. The molecule has 1 aromatic carbocycles. The van der Waals surface area contributed by atoms with Crippen LogP contribution in [0.3, 0.4) is 0 Å². The number of carbonyl (C=O) groups excluding carboxylic acids is 1. The van der Waals surface area contributed by atoms with Crippen molar-refractivity contribution in [2.75, 3.05) is 13.1 Å². The maximum atomic E-state index is 12.5. The average molecular weight is 320 g/mol. The molecule has 1 amide bonds. The summed E-state index contributed by atoms with van der Waals surface area (Å²) in [5.74, 6) is 1.25. The Labute approximate surface area is 139 Å². The second kappa shape index (κ2) is 6.23. The minimum absolute atomic E-state index is 0.00611. The highest BCUT2D eigenvalue weighted by molar-refractivity contribution is 5.94. The summed E-state index contributed by atoms with van der Waals surface area (Å²) >= 11 is 0. The zero-order valence-electron chi connectivity index (χ0n) is 13.0. The maximum absolute atomic E-state index is 12.5. The SMILES string of the molecule is O=C(c1cccnc1)N1CCC(c2nc(-c3ccccc3)no2)C1. The van der Waals surface area contributed by atoms with Crippen LogP contribution in [-0.4, -0.2) is 39.0 Å². The van der Waals surface area contributed by atoms with Gasteiger partial charge in [0, 0.05) is 31.0 Å². The Bertz CT molecular complexity index is 832. The number of likely N-dealkylation sites (tertiary alicyclic amines) is 1. The molecule has 1 unspecified atom stereocenters. The third-order valence-electron chi connectivity index (χ3n) is 4.21. The van der Waals surface area contributed by atoms with Gasteiger partial charge in [0.05, 0.1) is 11.5 Å². The highest BCUT2D eigenvalue weighted by Crippen LogP contribution is 2.28. The second-order valence-corrected chi connectivity index (χ2v) is 5.80. The largest absolute Gasteiger partial charge is 0.339 e. The molecular weight excluding hydrogens is 304 g/mol. The van der Waals surface area contributed by atoms with Crippen molar-refractivity contribution < 1.29 is 9.32 Å². The molecule has 0 radical (unpaired) electrons. The summed E-state index contributed by atoms with van der Waals surface area (Å²) in [6.45, 7) is 1.27. The lowest BCUT2D eigenvalue weighted by atomic mass is 10.1. The molecule has 1 aliphatic heterocycles. The molecule has 6 heteroatoms. The standard InChI is InChI=1S/C18H16N4O2/c23-18(14-7-4-9-19-11-14)22-10-8-15(12-22)17-20-16(21-24-17)13-5-2-1-3-6-13/h1-7,9,11,15H,8,10,12H2. The number of rotatable bonds is 3. The molecule has 1 fully saturated rings. The number of benzene rings is 1. The molecule has 0 bridgehead atoms. The quantitative estimate of drug-likeness (QED) is 0.742. The van der Waals surface area contributed by atoms with E-state index in [1.54, 1.807) is 24.5 Å². The minimum atomic E-state index is -0.00611. The van der Waals surface area contributed by atoms with Crippen LogP contribution in [0.15, 0.2) is 59.4 Å². The lowest BCUT2D eigenvalue weighted by Gasteiger charge is -2.15. The van der Waals surface area contributed by atoms with Crippen LogP contribution in [0.5, 0.6) is 0 Å². The number of carbonyl (C=O) groups is 1. The first kappa shape index (κ1) is 14.6. The normalized spacial score (nSPS) is 17.2. The van der Waals surface area contributed by atoms with Crippen molar-refractivity contribution in [2.45, 2.75) is 12.3 Å². The Morgan fingerprint density at radius 2 is 2.04 bits per heavy atom. The third-order valence-corrected chi connectivity index (χ3v) is 4.21. The Kier molecular flexibility index (Phi) is 3.78. The summed E-state index contributed by atoms with van der Waals surface area (Å²) in [4.78, 5) is 22.8. The predicted molar refractivity (Wildman–Crippen MR) is 87.2 cm³/mol. The molecule has 4 rings (SSSR count). The van der Waals surface area contributed by atoms with E-state index >= 15 is 0 Å². The van der Waals surface area contributed by atoms with Gasteiger partial charge in [-0.2, -0.15) is 4.98 Å². The summed E-state index contributed by atoms with van der Waals surface area (Å²) in [5, 5.41) is 4.06. The van der Waals surface area contributed by atoms with E-state index in [2.05, 4.69) is 15.1 Å². The number of hydrogen-bond donors (Lipinski definition) is 0. The van der Waals surface area contributed by atoms with Crippen molar-refractivity contribution in [3.05, 3.63) is 66.3 Å². The van der Waals surface area contributed by atoms with Gasteiger partial charge < -0.3 is 9.42 Å². The van der Waals surface area contributed by atoms with Gasteiger partial charge in [-0.05, 0) is 18.6 Å². The van der Waals surface area contributed by atoms with Gasteiger partial charge >= 0.3 is 0 Å². The van der Waals surface area contributed by atoms with Crippen LogP contribution >= 0.6 is 0 Å². The number of aromatic nitrogens is 3. The maximum Gasteiger partial charge on any atom is 0.255 e. The molecule has 0 spiro atoms. The Morgan fingerprint density at radius 1 is 1.17 bits per heavy atom.